The van der Waals surface area contributed by atoms with Crippen LogP contribution in [0.3, 0.4) is 0 Å². The summed E-state index contributed by atoms with van der Waals surface area (Å²) in [6.07, 6.45) is 5.28. The molecule has 1 aliphatic heterocycles. The molecule has 7 heteroatoms. The first-order valence-electron chi connectivity index (χ1n) is 8.59. The summed E-state index contributed by atoms with van der Waals surface area (Å²) in [6.45, 7) is 3.20. The fourth-order valence-electron chi connectivity index (χ4n) is 3.09. The van der Waals surface area contributed by atoms with E-state index in [0.29, 0.717) is 30.8 Å². The van der Waals surface area contributed by atoms with Crippen LogP contribution in [0.2, 0.25) is 0 Å². The molecule has 1 atom stereocenters. The zero-order valence-corrected chi connectivity index (χ0v) is 14.6. The number of nitro benzene ring substituents is 1. The summed E-state index contributed by atoms with van der Waals surface area (Å²) in [5.41, 5.74) is 1.70. The number of nitro groups is 1. The lowest BCUT2D eigenvalue weighted by molar-refractivity contribution is -0.385. The Hall–Kier alpha value is -2.80. The van der Waals surface area contributed by atoms with Crippen molar-refractivity contribution in [3.05, 3.63) is 69.5 Å². The highest BCUT2D eigenvalue weighted by Crippen LogP contribution is 2.22. The van der Waals surface area contributed by atoms with E-state index in [9.17, 15) is 14.9 Å². The van der Waals surface area contributed by atoms with Gasteiger partial charge in [0.1, 0.15) is 0 Å². The Morgan fingerprint density at radius 3 is 2.92 bits per heavy atom. The van der Waals surface area contributed by atoms with Gasteiger partial charge in [-0.1, -0.05) is 12.1 Å². The van der Waals surface area contributed by atoms with Gasteiger partial charge in [-0.05, 0) is 37.5 Å². The molecule has 0 radical (unpaired) electrons. The third-order valence-electron chi connectivity index (χ3n) is 4.48. The molecule has 1 aromatic carbocycles. The lowest BCUT2D eigenvalue weighted by atomic mass is 10.1. The Morgan fingerprint density at radius 1 is 1.42 bits per heavy atom. The summed E-state index contributed by atoms with van der Waals surface area (Å²) in [4.78, 5) is 29.6. The Labute approximate surface area is 151 Å². The number of hydrogen-bond acceptors (Lipinski definition) is 5. The first-order valence-corrected chi connectivity index (χ1v) is 8.59. The molecule has 7 nitrogen and oxygen atoms in total. The van der Waals surface area contributed by atoms with E-state index in [0.717, 1.165) is 18.4 Å². The van der Waals surface area contributed by atoms with Crippen LogP contribution < -0.4 is 0 Å². The van der Waals surface area contributed by atoms with Gasteiger partial charge >= 0.3 is 0 Å². The molecule has 1 fully saturated rings. The van der Waals surface area contributed by atoms with Crippen molar-refractivity contribution in [2.45, 2.75) is 32.4 Å². The van der Waals surface area contributed by atoms with E-state index in [-0.39, 0.29) is 17.7 Å². The molecule has 136 valence electrons. The summed E-state index contributed by atoms with van der Waals surface area (Å²) in [6, 6.07) is 8.32. The number of benzene rings is 1. The number of amides is 1. The molecule has 2 heterocycles. The maximum absolute atomic E-state index is 13.1. The summed E-state index contributed by atoms with van der Waals surface area (Å²) in [5, 5.41) is 11.2. The standard InChI is InChI=1S/C19H21N3O4/c1-14-6-7-16(10-18(14)22(24)25)19(23)21(13-17-5-3-9-26-17)12-15-4-2-8-20-11-15/h2,4,6-8,10-11,17H,3,5,9,12-13H2,1H3. The number of pyridine rings is 1. The van der Waals surface area contributed by atoms with Gasteiger partial charge < -0.3 is 9.64 Å². The number of aromatic nitrogens is 1. The number of nitrogens with zero attached hydrogens (tertiary/aromatic N) is 3. The van der Waals surface area contributed by atoms with Gasteiger partial charge in [-0.25, -0.2) is 0 Å². The minimum atomic E-state index is -0.461. The topological polar surface area (TPSA) is 85.6 Å². The lowest BCUT2D eigenvalue weighted by Crippen LogP contribution is -2.37. The van der Waals surface area contributed by atoms with Crippen LogP contribution in [0.5, 0.6) is 0 Å². The highest BCUT2D eigenvalue weighted by atomic mass is 16.6. The van der Waals surface area contributed by atoms with Crippen molar-refractivity contribution >= 4 is 11.6 Å². The Balaban J connectivity index is 1.86. The highest BCUT2D eigenvalue weighted by molar-refractivity contribution is 5.95. The predicted octanol–water partition coefficient (Wildman–Crippen LogP) is 3.12. The molecule has 0 N–H and O–H groups in total. The minimum absolute atomic E-state index is 0.00365. The number of rotatable bonds is 6. The van der Waals surface area contributed by atoms with Gasteiger partial charge in [-0.15, -0.1) is 0 Å². The van der Waals surface area contributed by atoms with Crippen molar-refractivity contribution in [1.82, 2.24) is 9.88 Å². The number of carbonyl (C=O) groups excluding carboxylic acids is 1. The molecule has 1 amide bonds. The molecule has 0 saturated carbocycles. The van der Waals surface area contributed by atoms with Crippen LogP contribution in [0, 0.1) is 17.0 Å². The molecule has 3 rings (SSSR count). The molecule has 1 saturated heterocycles. The van der Waals surface area contributed by atoms with Crippen LogP contribution >= 0.6 is 0 Å². The molecule has 1 aliphatic rings. The van der Waals surface area contributed by atoms with E-state index in [1.54, 1.807) is 36.4 Å². The number of carbonyl (C=O) groups is 1. The second-order valence-corrected chi connectivity index (χ2v) is 6.44. The summed E-state index contributed by atoms with van der Waals surface area (Å²) >= 11 is 0. The van der Waals surface area contributed by atoms with Crippen molar-refractivity contribution in [2.75, 3.05) is 13.2 Å². The van der Waals surface area contributed by atoms with Gasteiger partial charge in [0.25, 0.3) is 11.6 Å². The molecule has 1 unspecified atom stereocenters. The minimum Gasteiger partial charge on any atom is -0.376 e. The largest absolute Gasteiger partial charge is 0.376 e. The third-order valence-corrected chi connectivity index (χ3v) is 4.48. The lowest BCUT2D eigenvalue weighted by Gasteiger charge is -2.25. The van der Waals surface area contributed by atoms with Crippen LogP contribution in [0.1, 0.15) is 34.3 Å². The molecule has 0 bridgehead atoms. The average Bonchev–Trinajstić information content (AvgIpc) is 3.15. The number of ether oxygens (including phenoxy) is 1. The van der Waals surface area contributed by atoms with Crippen LogP contribution in [-0.4, -0.2) is 40.0 Å². The van der Waals surface area contributed by atoms with Crippen LogP contribution in [-0.2, 0) is 11.3 Å². The first-order chi connectivity index (χ1) is 12.5. The Kier molecular flexibility index (Phi) is 5.58. The fourth-order valence-corrected chi connectivity index (χ4v) is 3.09. The Bertz CT molecular complexity index is 789. The van der Waals surface area contributed by atoms with Gasteiger partial charge in [0, 0.05) is 49.3 Å². The maximum Gasteiger partial charge on any atom is 0.273 e. The normalized spacial score (nSPS) is 16.4. The van der Waals surface area contributed by atoms with Gasteiger partial charge in [0.05, 0.1) is 11.0 Å². The second-order valence-electron chi connectivity index (χ2n) is 6.44. The maximum atomic E-state index is 13.1. The van der Waals surface area contributed by atoms with Crippen LogP contribution in [0.4, 0.5) is 5.69 Å². The smallest absolute Gasteiger partial charge is 0.273 e. The molecule has 0 aliphatic carbocycles. The van der Waals surface area contributed by atoms with Gasteiger partial charge in [-0.3, -0.25) is 19.9 Å². The quantitative estimate of drug-likeness (QED) is 0.587. The summed E-state index contributed by atoms with van der Waals surface area (Å²) < 4.78 is 5.67. The molecular weight excluding hydrogens is 334 g/mol. The SMILES string of the molecule is Cc1ccc(C(=O)N(Cc2cccnc2)CC2CCCO2)cc1[N+](=O)[O-]. The molecule has 0 spiro atoms. The highest BCUT2D eigenvalue weighted by Gasteiger charge is 2.25. The zero-order chi connectivity index (χ0) is 18.5. The van der Waals surface area contributed by atoms with Gasteiger partial charge in [0.2, 0.25) is 0 Å². The van der Waals surface area contributed by atoms with Gasteiger partial charge in [-0.2, -0.15) is 0 Å². The fraction of sp³-hybridized carbons (Fsp3) is 0.368. The van der Waals surface area contributed by atoms with E-state index in [4.69, 9.17) is 4.74 Å². The van der Waals surface area contributed by atoms with Crippen LogP contribution in [0.15, 0.2) is 42.7 Å². The predicted molar refractivity (Wildman–Crippen MR) is 95.8 cm³/mol. The second kappa shape index (κ2) is 8.05. The number of aryl methyl sites for hydroxylation is 1. The third kappa shape index (κ3) is 4.23. The summed E-state index contributed by atoms with van der Waals surface area (Å²) in [5.74, 6) is -0.243. The number of hydrogen-bond donors (Lipinski definition) is 0. The summed E-state index contributed by atoms with van der Waals surface area (Å²) in [7, 11) is 0. The Morgan fingerprint density at radius 2 is 2.27 bits per heavy atom. The van der Waals surface area contributed by atoms with Crippen molar-refractivity contribution in [1.29, 1.82) is 0 Å². The monoisotopic (exact) mass is 355 g/mol. The molecule has 1 aromatic heterocycles. The van der Waals surface area contributed by atoms with E-state index in [2.05, 4.69) is 4.98 Å². The van der Waals surface area contributed by atoms with E-state index in [1.807, 2.05) is 12.1 Å². The molecular formula is C19H21N3O4. The first kappa shape index (κ1) is 18.0. The van der Waals surface area contributed by atoms with Gasteiger partial charge in [0.15, 0.2) is 0 Å². The zero-order valence-electron chi connectivity index (χ0n) is 14.6. The van der Waals surface area contributed by atoms with E-state index in [1.165, 1.54) is 6.07 Å². The van der Waals surface area contributed by atoms with Crippen LogP contribution in [0.25, 0.3) is 0 Å². The van der Waals surface area contributed by atoms with Crippen molar-refractivity contribution in [3.8, 4) is 0 Å². The van der Waals surface area contributed by atoms with E-state index >= 15 is 0 Å². The van der Waals surface area contributed by atoms with Crippen molar-refractivity contribution in [2.24, 2.45) is 0 Å². The average molecular weight is 355 g/mol. The van der Waals surface area contributed by atoms with Crippen molar-refractivity contribution in [3.63, 3.8) is 0 Å². The van der Waals surface area contributed by atoms with E-state index < -0.39 is 4.92 Å². The van der Waals surface area contributed by atoms with Crippen molar-refractivity contribution < 1.29 is 14.5 Å². The molecule has 26 heavy (non-hydrogen) atoms. The molecule has 2 aromatic rings.